The fourth-order valence-corrected chi connectivity index (χ4v) is 12.3. The third-order valence-corrected chi connectivity index (χ3v) is 14.0. The molecule has 6 fully saturated rings. The first-order chi connectivity index (χ1) is 20.4. The van der Waals surface area contributed by atoms with E-state index in [2.05, 4.69) is 83.4 Å². The lowest BCUT2D eigenvalue weighted by molar-refractivity contribution is -0.0770. The van der Waals surface area contributed by atoms with Crippen LogP contribution in [0.1, 0.15) is 137 Å². The molecule has 0 aromatic heterocycles. The summed E-state index contributed by atoms with van der Waals surface area (Å²) in [6.45, 7) is 20.5. The summed E-state index contributed by atoms with van der Waals surface area (Å²) in [4.78, 5) is 11.9. The molecule has 8 rings (SSSR count). The van der Waals surface area contributed by atoms with Crippen LogP contribution < -0.4 is 5.46 Å². The highest BCUT2D eigenvalue weighted by molar-refractivity contribution is 6.76. The number of guanidine groups is 1. The van der Waals surface area contributed by atoms with Gasteiger partial charge in [0.05, 0.1) is 12.1 Å². The van der Waals surface area contributed by atoms with Gasteiger partial charge in [-0.2, -0.15) is 0 Å². The first-order valence-corrected chi connectivity index (χ1v) is 18.7. The molecule has 3 heterocycles. The van der Waals surface area contributed by atoms with Crippen LogP contribution >= 0.6 is 0 Å². The lowest BCUT2D eigenvalue weighted by Gasteiger charge is -2.69. The van der Waals surface area contributed by atoms with Crippen LogP contribution in [-0.2, 0) is 10.8 Å². The highest BCUT2D eigenvalue weighted by atomic mass is 15.5. The van der Waals surface area contributed by atoms with Crippen LogP contribution in [0.5, 0.6) is 0 Å². The van der Waals surface area contributed by atoms with Crippen molar-refractivity contribution in [1.29, 1.82) is 0 Å². The molecule has 0 radical (unpaired) electrons. The summed E-state index contributed by atoms with van der Waals surface area (Å²) in [7, 11) is 0. The molecule has 2 saturated heterocycles. The summed E-state index contributed by atoms with van der Waals surface area (Å²) in [6.07, 6.45) is 15.4. The van der Waals surface area contributed by atoms with E-state index in [1.807, 2.05) is 0 Å². The van der Waals surface area contributed by atoms with Gasteiger partial charge in [0.2, 0.25) is 0 Å². The minimum absolute atomic E-state index is 0.163. The fraction of sp³-hybridized carbons (Fsp3) is 0.821. The van der Waals surface area contributed by atoms with E-state index in [0.29, 0.717) is 30.9 Å². The zero-order valence-electron chi connectivity index (χ0n) is 28.8. The van der Waals surface area contributed by atoms with Crippen LogP contribution in [0.2, 0.25) is 11.6 Å². The van der Waals surface area contributed by atoms with Crippen molar-refractivity contribution in [1.82, 2.24) is 9.80 Å². The molecule has 0 spiro atoms. The number of nitrogens with zero attached hydrogens (tertiary/aromatic N) is 3. The number of hydrogen-bond donors (Lipinski definition) is 0. The van der Waals surface area contributed by atoms with Gasteiger partial charge in [-0.1, -0.05) is 111 Å². The number of aliphatic imine (C=N–C) groups is 1. The Labute approximate surface area is 264 Å². The Bertz CT molecular complexity index is 1240. The molecule has 11 atom stereocenters. The molecule has 0 amide bonds. The van der Waals surface area contributed by atoms with E-state index < -0.39 is 0 Å². The number of fused-ring (bicyclic) bond motifs is 7. The van der Waals surface area contributed by atoms with E-state index in [1.54, 1.807) is 16.6 Å². The quantitative estimate of drug-likeness (QED) is 0.310. The monoisotopic (exact) mass is 581 g/mol. The zero-order valence-corrected chi connectivity index (χ0v) is 28.8. The molecule has 4 heteroatoms. The Balaban J connectivity index is 1.31. The molecular formula is C39H60BN3. The molecule has 11 unspecified atom stereocenters. The molecule has 7 aliphatic rings. The number of rotatable bonds is 1. The molecule has 1 aromatic carbocycles. The summed E-state index contributed by atoms with van der Waals surface area (Å²) in [5.41, 5.74) is 5.13. The van der Waals surface area contributed by atoms with E-state index in [-0.39, 0.29) is 10.8 Å². The molecule has 1 aromatic rings. The normalized spacial score (nSPS) is 42.1. The van der Waals surface area contributed by atoms with Gasteiger partial charge in [0.1, 0.15) is 0 Å². The molecule has 3 aliphatic heterocycles. The Morgan fingerprint density at radius 1 is 0.721 bits per heavy atom. The summed E-state index contributed by atoms with van der Waals surface area (Å²) in [6, 6.07) is 11.3. The van der Waals surface area contributed by atoms with Gasteiger partial charge < -0.3 is 9.80 Å². The van der Waals surface area contributed by atoms with Gasteiger partial charge in [0.25, 0.3) is 0 Å². The molecule has 0 bridgehead atoms. The predicted octanol–water partition coefficient (Wildman–Crippen LogP) is 8.42. The number of benzene rings is 1. The molecule has 234 valence electrons. The van der Waals surface area contributed by atoms with Crippen molar-refractivity contribution in [3.8, 4) is 0 Å². The van der Waals surface area contributed by atoms with Gasteiger partial charge in [-0.3, -0.25) is 0 Å². The summed E-state index contributed by atoms with van der Waals surface area (Å²) >= 11 is 0. The van der Waals surface area contributed by atoms with Crippen LogP contribution in [0.25, 0.3) is 0 Å². The zero-order chi connectivity index (χ0) is 30.0. The topological polar surface area (TPSA) is 18.8 Å². The van der Waals surface area contributed by atoms with Gasteiger partial charge >= 0.3 is 0 Å². The van der Waals surface area contributed by atoms with Gasteiger partial charge in [-0.05, 0) is 89.9 Å². The molecular weight excluding hydrogens is 521 g/mol. The fourth-order valence-electron chi connectivity index (χ4n) is 12.3. The van der Waals surface area contributed by atoms with Crippen molar-refractivity contribution >= 4 is 18.1 Å². The lowest BCUT2D eigenvalue weighted by Crippen LogP contribution is -2.77. The summed E-state index contributed by atoms with van der Waals surface area (Å²) in [5.74, 6) is 6.35. The van der Waals surface area contributed by atoms with Gasteiger partial charge in [-0.15, -0.1) is 0 Å². The van der Waals surface area contributed by atoms with Crippen LogP contribution in [-0.4, -0.2) is 52.7 Å². The molecule has 4 saturated carbocycles. The van der Waals surface area contributed by atoms with Crippen LogP contribution in [0.15, 0.2) is 23.2 Å². The van der Waals surface area contributed by atoms with E-state index >= 15 is 0 Å². The summed E-state index contributed by atoms with van der Waals surface area (Å²) in [5, 5.41) is 0. The maximum absolute atomic E-state index is 5.79. The Hall–Kier alpha value is -1.45. The lowest BCUT2D eigenvalue weighted by atomic mass is 9.22. The van der Waals surface area contributed by atoms with Crippen LogP contribution in [0, 0.1) is 23.7 Å². The average Bonchev–Trinajstić information content (AvgIpc) is 3.34. The minimum atomic E-state index is 0.163. The summed E-state index contributed by atoms with van der Waals surface area (Å²) < 4.78 is 0. The first kappa shape index (κ1) is 29.0. The second-order valence-corrected chi connectivity index (χ2v) is 18.8. The highest BCUT2D eigenvalue weighted by Gasteiger charge is 2.66. The second-order valence-electron chi connectivity index (χ2n) is 18.8. The van der Waals surface area contributed by atoms with Crippen LogP contribution in [0.3, 0.4) is 0 Å². The third kappa shape index (κ3) is 4.44. The van der Waals surface area contributed by atoms with E-state index in [4.69, 9.17) is 4.99 Å². The van der Waals surface area contributed by atoms with Crippen molar-refractivity contribution < 1.29 is 0 Å². The molecule has 43 heavy (non-hydrogen) atoms. The smallest absolute Gasteiger partial charge is 0.198 e. The Kier molecular flexibility index (Phi) is 6.76. The predicted molar refractivity (Wildman–Crippen MR) is 183 cm³/mol. The molecule has 4 aliphatic carbocycles. The number of hydrogen-bond acceptors (Lipinski definition) is 3. The van der Waals surface area contributed by atoms with Crippen molar-refractivity contribution in [2.75, 3.05) is 0 Å². The molecule has 0 N–H and O–H groups in total. The third-order valence-electron chi connectivity index (χ3n) is 14.0. The van der Waals surface area contributed by atoms with Gasteiger partial charge in [0.15, 0.2) is 12.7 Å². The minimum Gasteiger partial charge on any atom is -0.337 e. The van der Waals surface area contributed by atoms with E-state index in [1.165, 1.54) is 76.6 Å². The Morgan fingerprint density at radius 3 is 2.07 bits per heavy atom. The van der Waals surface area contributed by atoms with Crippen molar-refractivity contribution in [2.45, 2.75) is 179 Å². The van der Waals surface area contributed by atoms with E-state index in [9.17, 15) is 0 Å². The second kappa shape index (κ2) is 10.0. The average molecular weight is 582 g/mol. The van der Waals surface area contributed by atoms with Crippen molar-refractivity contribution in [3.05, 3.63) is 29.3 Å². The maximum Gasteiger partial charge on any atom is 0.198 e. The van der Waals surface area contributed by atoms with Gasteiger partial charge in [0, 0.05) is 24.0 Å². The van der Waals surface area contributed by atoms with Crippen molar-refractivity contribution in [2.24, 2.45) is 28.7 Å². The highest BCUT2D eigenvalue weighted by Crippen LogP contribution is 2.62. The largest absolute Gasteiger partial charge is 0.337 e. The first-order valence-electron chi connectivity index (χ1n) is 18.7. The maximum atomic E-state index is 5.79. The standard InChI is InChI=1S/C39H60BN3/c1-23-17-25-19-24(2)35-36-34(25)33(18-23)42-32-16-12-10-14-30(32)41-37(42)43(36)31-15-11-9-13-29(31)40(35)28-21-26(38(3,4)5)20-27(22-28)39(6,7)8/h20-25,29-36H,9-19H2,1-8H3. The molecule has 3 nitrogen and oxygen atoms in total. The Morgan fingerprint density at radius 2 is 1.37 bits per heavy atom. The van der Waals surface area contributed by atoms with Crippen LogP contribution in [0.4, 0.5) is 0 Å². The van der Waals surface area contributed by atoms with Crippen molar-refractivity contribution in [3.63, 3.8) is 0 Å². The van der Waals surface area contributed by atoms with Gasteiger partial charge in [-0.25, -0.2) is 4.99 Å². The van der Waals surface area contributed by atoms with E-state index in [0.717, 1.165) is 41.3 Å². The SMILES string of the molecule is CC1CC2CC(C)C3B(c4cc(C(C)(C)C)cc(C(C)(C)C)c4)C4CCCCC4N4C5=NC6CCCCC6N5C(C1)C2C34.